The number of likely N-dealkylation sites (tertiary alicyclic amines) is 1. The Morgan fingerprint density at radius 3 is 2.39 bits per heavy atom. The standard InChI is InChI=1S/C21H21ClN4O2/c22-15-8-10-16(11-9-15)23-20(27)18-17-7-3-6-14-26(17)19(24-18)21(28)25-12-4-1-2-5-13-25/h3,6-11,14H,1-2,4-5,12-13H2,(H,23,27). The summed E-state index contributed by atoms with van der Waals surface area (Å²) in [5.41, 5.74) is 1.45. The van der Waals surface area contributed by atoms with E-state index in [0.29, 0.717) is 16.2 Å². The van der Waals surface area contributed by atoms with E-state index >= 15 is 0 Å². The summed E-state index contributed by atoms with van der Waals surface area (Å²) in [6, 6.07) is 12.3. The Morgan fingerprint density at radius 2 is 1.68 bits per heavy atom. The Morgan fingerprint density at radius 1 is 0.964 bits per heavy atom. The average Bonchev–Trinajstić information content (AvgIpc) is 2.89. The van der Waals surface area contributed by atoms with Gasteiger partial charge in [0, 0.05) is 30.0 Å². The Bertz CT molecular complexity index is 1000. The number of hydrogen-bond acceptors (Lipinski definition) is 3. The van der Waals surface area contributed by atoms with Gasteiger partial charge >= 0.3 is 0 Å². The van der Waals surface area contributed by atoms with Crippen molar-refractivity contribution in [1.29, 1.82) is 0 Å². The molecule has 0 spiro atoms. The van der Waals surface area contributed by atoms with Crippen LogP contribution in [0.4, 0.5) is 5.69 Å². The van der Waals surface area contributed by atoms with Crippen LogP contribution >= 0.6 is 11.6 Å². The lowest BCUT2D eigenvalue weighted by Gasteiger charge is -2.19. The highest BCUT2D eigenvalue weighted by molar-refractivity contribution is 6.30. The van der Waals surface area contributed by atoms with Crippen molar-refractivity contribution in [2.24, 2.45) is 0 Å². The van der Waals surface area contributed by atoms with E-state index in [1.54, 1.807) is 40.9 Å². The van der Waals surface area contributed by atoms with Gasteiger partial charge < -0.3 is 10.2 Å². The zero-order valence-corrected chi connectivity index (χ0v) is 16.2. The Balaban J connectivity index is 1.66. The van der Waals surface area contributed by atoms with Crippen LogP contribution < -0.4 is 5.32 Å². The van der Waals surface area contributed by atoms with E-state index in [1.807, 2.05) is 17.0 Å². The molecule has 0 saturated carbocycles. The quantitative estimate of drug-likeness (QED) is 0.719. The molecule has 1 N–H and O–H groups in total. The third-order valence-electron chi connectivity index (χ3n) is 4.95. The molecule has 7 heteroatoms. The number of carbonyl (C=O) groups is 2. The second-order valence-corrected chi connectivity index (χ2v) is 7.34. The molecule has 1 saturated heterocycles. The number of pyridine rings is 1. The van der Waals surface area contributed by atoms with E-state index in [-0.39, 0.29) is 23.3 Å². The molecule has 1 aromatic carbocycles. The summed E-state index contributed by atoms with van der Waals surface area (Å²) in [5, 5.41) is 3.41. The van der Waals surface area contributed by atoms with E-state index in [0.717, 1.165) is 38.8 Å². The maximum Gasteiger partial charge on any atom is 0.290 e. The van der Waals surface area contributed by atoms with E-state index in [1.165, 1.54) is 0 Å². The lowest BCUT2D eigenvalue weighted by Crippen LogP contribution is -2.33. The summed E-state index contributed by atoms with van der Waals surface area (Å²) < 4.78 is 1.70. The number of nitrogens with zero attached hydrogens (tertiary/aromatic N) is 3. The zero-order chi connectivity index (χ0) is 19.5. The highest BCUT2D eigenvalue weighted by atomic mass is 35.5. The van der Waals surface area contributed by atoms with Crippen molar-refractivity contribution in [1.82, 2.24) is 14.3 Å². The lowest BCUT2D eigenvalue weighted by molar-refractivity contribution is 0.0748. The zero-order valence-electron chi connectivity index (χ0n) is 15.4. The second kappa shape index (κ2) is 8.02. The van der Waals surface area contributed by atoms with Gasteiger partial charge in [-0.3, -0.25) is 14.0 Å². The van der Waals surface area contributed by atoms with Crippen LogP contribution in [0, 0.1) is 0 Å². The molecule has 2 amide bonds. The van der Waals surface area contributed by atoms with E-state index in [9.17, 15) is 9.59 Å². The van der Waals surface area contributed by atoms with Crippen LogP contribution in [0.25, 0.3) is 5.52 Å². The van der Waals surface area contributed by atoms with Gasteiger partial charge in [0.15, 0.2) is 5.69 Å². The minimum absolute atomic E-state index is 0.131. The fourth-order valence-electron chi connectivity index (χ4n) is 3.49. The number of nitrogens with one attached hydrogen (secondary N) is 1. The maximum atomic E-state index is 13.1. The summed E-state index contributed by atoms with van der Waals surface area (Å²) in [6.45, 7) is 1.46. The molecule has 1 aliphatic heterocycles. The molecule has 2 aromatic heterocycles. The van der Waals surface area contributed by atoms with Crippen molar-refractivity contribution in [3.05, 3.63) is 65.2 Å². The molecule has 0 radical (unpaired) electrons. The van der Waals surface area contributed by atoms with E-state index in [2.05, 4.69) is 10.3 Å². The van der Waals surface area contributed by atoms with Crippen LogP contribution in [0.1, 0.15) is 46.8 Å². The fourth-order valence-corrected chi connectivity index (χ4v) is 3.62. The predicted molar refractivity (Wildman–Crippen MR) is 109 cm³/mol. The molecular weight excluding hydrogens is 376 g/mol. The first-order valence-corrected chi connectivity index (χ1v) is 9.84. The summed E-state index contributed by atoms with van der Waals surface area (Å²) in [4.78, 5) is 32.2. The second-order valence-electron chi connectivity index (χ2n) is 6.91. The van der Waals surface area contributed by atoms with Crippen molar-refractivity contribution in [2.45, 2.75) is 25.7 Å². The van der Waals surface area contributed by atoms with E-state index in [4.69, 9.17) is 11.6 Å². The van der Waals surface area contributed by atoms with Crippen LogP contribution in [-0.2, 0) is 0 Å². The predicted octanol–water partition coefficient (Wildman–Crippen LogP) is 4.26. The van der Waals surface area contributed by atoms with Gasteiger partial charge in [0.25, 0.3) is 11.8 Å². The highest BCUT2D eigenvalue weighted by Crippen LogP contribution is 2.19. The third kappa shape index (κ3) is 3.73. The summed E-state index contributed by atoms with van der Waals surface area (Å²) in [6.07, 6.45) is 6.05. The van der Waals surface area contributed by atoms with Crippen LogP contribution in [0.15, 0.2) is 48.7 Å². The highest BCUT2D eigenvalue weighted by Gasteiger charge is 2.25. The first-order valence-electron chi connectivity index (χ1n) is 9.47. The SMILES string of the molecule is O=C(Nc1ccc(Cl)cc1)c1nc(C(=O)N2CCCCCC2)n2ccccc12. The largest absolute Gasteiger partial charge is 0.336 e. The topological polar surface area (TPSA) is 66.7 Å². The van der Waals surface area contributed by atoms with Gasteiger partial charge in [-0.2, -0.15) is 0 Å². The number of rotatable bonds is 3. The molecule has 0 aliphatic carbocycles. The first kappa shape index (κ1) is 18.5. The smallest absolute Gasteiger partial charge is 0.290 e. The molecule has 1 fully saturated rings. The molecule has 0 bridgehead atoms. The molecule has 1 aliphatic rings. The van der Waals surface area contributed by atoms with Gasteiger partial charge in [-0.25, -0.2) is 4.98 Å². The number of amides is 2. The molecule has 0 atom stereocenters. The molecule has 144 valence electrons. The Hall–Kier alpha value is -2.86. The average molecular weight is 397 g/mol. The number of imidazole rings is 1. The number of anilines is 1. The maximum absolute atomic E-state index is 13.1. The number of benzene rings is 1. The van der Waals surface area contributed by atoms with Crippen molar-refractivity contribution in [2.75, 3.05) is 18.4 Å². The Labute approximate surface area is 168 Å². The summed E-state index contributed by atoms with van der Waals surface area (Å²) >= 11 is 5.90. The summed E-state index contributed by atoms with van der Waals surface area (Å²) in [5.74, 6) is -0.215. The van der Waals surface area contributed by atoms with Gasteiger partial charge in [-0.15, -0.1) is 0 Å². The van der Waals surface area contributed by atoms with Crippen molar-refractivity contribution in [3.8, 4) is 0 Å². The van der Waals surface area contributed by atoms with Gasteiger partial charge in [-0.05, 0) is 49.2 Å². The van der Waals surface area contributed by atoms with Crippen molar-refractivity contribution >= 4 is 34.6 Å². The fraction of sp³-hybridized carbons (Fsp3) is 0.286. The summed E-state index contributed by atoms with van der Waals surface area (Å²) in [7, 11) is 0. The number of fused-ring (bicyclic) bond motifs is 1. The Kier molecular flexibility index (Phi) is 5.30. The number of carbonyl (C=O) groups excluding carboxylic acids is 2. The van der Waals surface area contributed by atoms with Crippen molar-refractivity contribution in [3.63, 3.8) is 0 Å². The molecular formula is C21H21ClN4O2. The molecule has 3 heterocycles. The molecule has 6 nitrogen and oxygen atoms in total. The van der Waals surface area contributed by atoms with Crippen LogP contribution in [0.5, 0.6) is 0 Å². The number of aromatic nitrogens is 2. The molecule has 28 heavy (non-hydrogen) atoms. The third-order valence-corrected chi connectivity index (χ3v) is 5.20. The first-order chi connectivity index (χ1) is 13.6. The van der Waals surface area contributed by atoms with Gasteiger partial charge in [-0.1, -0.05) is 30.5 Å². The van der Waals surface area contributed by atoms with Gasteiger partial charge in [0.1, 0.15) is 0 Å². The van der Waals surface area contributed by atoms with Crippen molar-refractivity contribution < 1.29 is 9.59 Å². The van der Waals surface area contributed by atoms with Crippen LogP contribution in [-0.4, -0.2) is 39.2 Å². The van der Waals surface area contributed by atoms with Gasteiger partial charge in [0.2, 0.25) is 5.82 Å². The van der Waals surface area contributed by atoms with E-state index < -0.39 is 0 Å². The number of halogens is 1. The van der Waals surface area contributed by atoms with Crippen LogP contribution in [0.3, 0.4) is 0 Å². The normalized spacial score (nSPS) is 14.7. The lowest BCUT2D eigenvalue weighted by atomic mass is 10.2. The van der Waals surface area contributed by atoms with Crippen LogP contribution in [0.2, 0.25) is 5.02 Å². The number of hydrogen-bond donors (Lipinski definition) is 1. The molecule has 4 rings (SSSR count). The minimum atomic E-state index is -0.360. The minimum Gasteiger partial charge on any atom is -0.336 e. The van der Waals surface area contributed by atoms with Gasteiger partial charge in [0.05, 0.1) is 5.52 Å². The molecule has 3 aromatic rings. The monoisotopic (exact) mass is 396 g/mol. The molecule has 0 unspecified atom stereocenters.